The highest BCUT2D eigenvalue weighted by Crippen LogP contribution is 2.70. The fourth-order valence-electron chi connectivity index (χ4n) is 10.8. The lowest BCUT2D eigenvalue weighted by molar-refractivity contribution is -0.272. The van der Waals surface area contributed by atoms with Crippen LogP contribution < -0.4 is 0 Å². The molecule has 0 unspecified atom stereocenters. The van der Waals surface area contributed by atoms with Gasteiger partial charge in [-0.1, -0.05) is 45.9 Å². The van der Waals surface area contributed by atoms with Crippen LogP contribution in [0.1, 0.15) is 95.8 Å². The molecule has 2 aliphatic heterocycles. The van der Waals surface area contributed by atoms with Crippen molar-refractivity contribution in [2.75, 3.05) is 6.61 Å². The lowest BCUT2D eigenvalue weighted by Gasteiger charge is -2.60. The van der Waals surface area contributed by atoms with Gasteiger partial charge in [0.1, 0.15) is 11.9 Å². The van der Waals surface area contributed by atoms with E-state index in [0.29, 0.717) is 47.4 Å². The SMILES string of the molecule is C[C@@H]1CC[C@@]2(OC1)O[C@H]1C[C@H]3[C@@H]4CC[C@H]5C[C@@H](OC(=O)c6ccccc6)CC[C@]5(C)[C@H]4CC(=O)[C@]3(C)[C@H]1[C@@H]2C. The first-order valence-electron chi connectivity index (χ1n) is 15.8. The van der Waals surface area contributed by atoms with Gasteiger partial charge in [-0.3, -0.25) is 4.79 Å². The number of fused-ring (bicyclic) bond motifs is 7. The zero-order valence-electron chi connectivity index (χ0n) is 24.2. The Bertz CT molecular complexity index is 1120. The highest BCUT2D eigenvalue weighted by Gasteiger charge is 2.71. The van der Waals surface area contributed by atoms with E-state index in [2.05, 4.69) is 27.7 Å². The molecule has 5 heteroatoms. The Hall–Kier alpha value is -1.72. The number of esters is 1. The van der Waals surface area contributed by atoms with E-state index in [4.69, 9.17) is 14.2 Å². The van der Waals surface area contributed by atoms with Crippen LogP contribution in [-0.2, 0) is 19.0 Å². The summed E-state index contributed by atoms with van der Waals surface area (Å²) in [6, 6.07) is 9.35. The maximum atomic E-state index is 14.3. The van der Waals surface area contributed by atoms with Crippen LogP contribution in [0.15, 0.2) is 30.3 Å². The number of carbonyl (C=O) groups is 2. The molecule has 4 aliphatic carbocycles. The second kappa shape index (κ2) is 9.14. The molecule has 7 rings (SSSR count). The fourth-order valence-corrected chi connectivity index (χ4v) is 10.8. The molecular formula is C34H46O5. The van der Waals surface area contributed by atoms with Crippen molar-refractivity contribution >= 4 is 11.8 Å². The number of carbonyl (C=O) groups excluding carboxylic acids is 2. The summed E-state index contributed by atoms with van der Waals surface area (Å²) >= 11 is 0. The predicted molar refractivity (Wildman–Crippen MR) is 148 cm³/mol. The highest BCUT2D eigenvalue weighted by molar-refractivity contribution is 5.89. The minimum Gasteiger partial charge on any atom is -0.459 e. The first kappa shape index (κ1) is 26.2. The molecule has 0 aromatic heterocycles. The first-order valence-corrected chi connectivity index (χ1v) is 15.8. The van der Waals surface area contributed by atoms with E-state index in [1.807, 2.05) is 30.3 Å². The van der Waals surface area contributed by atoms with Crippen LogP contribution in [0.25, 0.3) is 0 Å². The van der Waals surface area contributed by atoms with Crippen LogP contribution in [0.2, 0.25) is 0 Å². The van der Waals surface area contributed by atoms with Gasteiger partial charge in [-0.05, 0) is 92.1 Å². The minimum atomic E-state index is -0.480. The molecule has 212 valence electrons. The first-order chi connectivity index (χ1) is 18.7. The van der Waals surface area contributed by atoms with E-state index in [9.17, 15) is 9.59 Å². The molecule has 0 N–H and O–H groups in total. The maximum absolute atomic E-state index is 14.3. The Kier molecular flexibility index (Phi) is 6.14. The van der Waals surface area contributed by atoms with Crippen molar-refractivity contribution in [2.45, 2.75) is 103 Å². The Balaban J connectivity index is 1.08. The third-order valence-corrected chi connectivity index (χ3v) is 13.0. The number of hydrogen-bond donors (Lipinski definition) is 0. The van der Waals surface area contributed by atoms with Gasteiger partial charge in [0.15, 0.2) is 5.79 Å². The smallest absolute Gasteiger partial charge is 0.338 e. The maximum Gasteiger partial charge on any atom is 0.338 e. The van der Waals surface area contributed by atoms with Gasteiger partial charge in [0.25, 0.3) is 0 Å². The largest absolute Gasteiger partial charge is 0.459 e. The molecule has 12 atom stereocenters. The minimum absolute atomic E-state index is 0.0219. The summed E-state index contributed by atoms with van der Waals surface area (Å²) in [5, 5.41) is 0. The van der Waals surface area contributed by atoms with Gasteiger partial charge in [0.2, 0.25) is 0 Å². The summed E-state index contributed by atoms with van der Waals surface area (Å²) in [6.07, 6.45) is 9.17. The summed E-state index contributed by atoms with van der Waals surface area (Å²) < 4.78 is 19.3. The van der Waals surface area contributed by atoms with Gasteiger partial charge in [0.05, 0.1) is 18.3 Å². The Morgan fingerprint density at radius 2 is 1.77 bits per heavy atom. The van der Waals surface area contributed by atoms with E-state index in [-0.39, 0.29) is 40.8 Å². The summed E-state index contributed by atoms with van der Waals surface area (Å²) in [6.45, 7) is 10.1. The number of Topliss-reactive ketones (excluding diaryl/α,β-unsaturated/α-hetero) is 1. The van der Waals surface area contributed by atoms with Gasteiger partial charge in [-0.2, -0.15) is 0 Å². The van der Waals surface area contributed by atoms with Crippen molar-refractivity contribution in [3.8, 4) is 0 Å². The van der Waals surface area contributed by atoms with Crippen molar-refractivity contribution in [3.63, 3.8) is 0 Å². The molecule has 6 fully saturated rings. The molecule has 6 aliphatic rings. The highest BCUT2D eigenvalue weighted by atomic mass is 16.7. The van der Waals surface area contributed by atoms with Crippen molar-refractivity contribution in [1.82, 2.24) is 0 Å². The van der Waals surface area contributed by atoms with E-state index in [1.165, 1.54) is 12.8 Å². The molecule has 5 nitrogen and oxygen atoms in total. The van der Waals surface area contributed by atoms with Gasteiger partial charge in [0, 0.05) is 30.1 Å². The topological polar surface area (TPSA) is 61.8 Å². The summed E-state index contributed by atoms with van der Waals surface area (Å²) in [7, 11) is 0. The van der Waals surface area contributed by atoms with Crippen molar-refractivity contribution in [2.24, 2.45) is 52.3 Å². The zero-order chi connectivity index (χ0) is 27.2. The van der Waals surface area contributed by atoms with Gasteiger partial charge in [-0.25, -0.2) is 4.79 Å². The van der Waals surface area contributed by atoms with Crippen LogP contribution in [0.5, 0.6) is 0 Å². The fraction of sp³-hybridized carbons (Fsp3) is 0.765. The van der Waals surface area contributed by atoms with Gasteiger partial charge < -0.3 is 14.2 Å². The molecule has 1 aromatic carbocycles. The van der Waals surface area contributed by atoms with E-state index in [1.54, 1.807) is 0 Å². The van der Waals surface area contributed by atoms with E-state index < -0.39 is 5.79 Å². The monoisotopic (exact) mass is 534 g/mol. The van der Waals surface area contributed by atoms with Crippen LogP contribution in [0.3, 0.4) is 0 Å². The molecule has 2 saturated heterocycles. The average molecular weight is 535 g/mol. The lowest BCUT2D eigenvalue weighted by Crippen LogP contribution is -2.58. The van der Waals surface area contributed by atoms with Gasteiger partial charge in [-0.15, -0.1) is 0 Å². The van der Waals surface area contributed by atoms with Crippen molar-refractivity contribution < 1.29 is 23.8 Å². The average Bonchev–Trinajstić information content (AvgIpc) is 3.38. The number of ether oxygens (including phenoxy) is 3. The van der Waals surface area contributed by atoms with Crippen LogP contribution in [-0.4, -0.2) is 36.4 Å². The molecule has 1 spiro atoms. The summed E-state index contributed by atoms with van der Waals surface area (Å²) in [4.78, 5) is 27.0. The summed E-state index contributed by atoms with van der Waals surface area (Å²) in [5.74, 6) is 2.84. The quantitative estimate of drug-likeness (QED) is 0.389. The van der Waals surface area contributed by atoms with Crippen LogP contribution in [0, 0.1) is 52.3 Å². The molecular weight excluding hydrogens is 488 g/mol. The molecule has 0 radical (unpaired) electrons. The Morgan fingerprint density at radius 3 is 2.51 bits per heavy atom. The number of benzene rings is 1. The molecule has 39 heavy (non-hydrogen) atoms. The van der Waals surface area contributed by atoms with Crippen LogP contribution in [0.4, 0.5) is 0 Å². The van der Waals surface area contributed by atoms with Crippen molar-refractivity contribution in [1.29, 1.82) is 0 Å². The Morgan fingerprint density at radius 1 is 0.974 bits per heavy atom. The second-order valence-electron chi connectivity index (χ2n) is 14.7. The molecule has 0 bridgehead atoms. The van der Waals surface area contributed by atoms with Crippen LogP contribution >= 0.6 is 0 Å². The lowest BCUT2D eigenvalue weighted by atomic mass is 9.44. The molecule has 2 heterocycles. The standard InChI is InChI=1S/C34H46O5/c1-20-12-15-34(37-19-20)21(2)30-28(39-34)17-27-25-11-10-23-16-24(38-31(36)22-8-6-5-7-9-22)13-14-32(23,3)26(25)18-29(35)33(27,30)4/h5-9,20-21,23-28,30H,10-19H2,1-4H3/t20-,21+,23+,24+,25-,26+,27+,28+,30+,32+,33-,34-/m1/s1. The van der Waals surface area contributed by atoms with Gasteiger partial charge >= 0.3 is 5.97 Å². The van der Waals surface area contributed by atoms with E-state index in [0.717, 1.165) is 45.1 Å². The molecule has 0 amide bonds. The predicted octanol–water partition coefficient (Wildman–Crippen LogP) is 6.84. The molecule has 4 saturated carbocycles. The third kappa shape index (κ3) is 3.77. The number of hydrogen-bond acceptors (Lipinski definition) is 5. The van der Waals surface area contributed by atoms with Crippen molar-refractivity contribution in [3.05, 3.63) is 35.9 Å². The number of rotatable bonds is 2. The normalized spacial score (nSPS) is 50.6. The number of ketones is 1. The Labute approximate surface area is 233 Å². The summed E-state index contributed by atoms with van der Waals surface area (Å²) in [5.41, 5.74) is 0.473. The van der Waals surface area contributed by atoms with E-state index >= 15 is 0 Å². The zero-order valence-corrected chi connectivity index (χ0v) is 24.2. The molecule has 1 aromatic rings. The second-order valence-corrected chi connectivity index (χ2v) is 14.7. The third-order valence-electron chi connectivity index (χ3n) is 13.0.